The van der Waals surface area contributed by atoms with E-state index in [1.54, 1.807) is 18.2 Å². The van der Waals surface area contributed by atoms with Crippen LogP contribution in [0.3, 0.4) is 0 Å². The Morgan fingerprint density at radius 3 is 2.65 bits per heavy atom. The number of aromatic amines is 2. The molecule has 132 valence electrons. The van der Waals surface area contributed by atoms with Crippen LogP contribution in [-0.2, 0) is 6.54 Å². The number of nitrogens with one attached hydrogen (secondary N) is 2. The summed E-state index contributed by atoms with van der Waals surface area (Å²) in [6.45, 7) is 0.901. The first kappa shape index (κ1) is 17.1. The molecule has 1 aromatic carbocycles. The van der Waals surface area contributed by atoms with Crippen molar-refractivity contribution in [3.63, 3.8) is 0 Å². The molecule has 0 fully saturated rings. The van der Waals surface area contributed by atoms with Crippen molar-refractivity contribution in [2.45, 2.75) is 13.5 Å². The molecule has 0 aliphatic heterocycles. The third-order valence-electron chi connectivity index (χ3n) is 3.86. The van der Waals surface area contributed by atoms with Gasteiger partial charge in [-0.15, -0.1) is 5.11 Å². The van der Waals surface area contributed by atoms with Gasteiger partial charge in [-0.05, 0) is 25.1 Å². The molecule has 10 nitrogen and oxygen atoms in total. The molecule has 0 unspecified atom stereocenters. The normalized spacial score (nSPS) is 11.3. The smallest absolute Gasteiger partial charge is 0.323 e. The minimum absolute atomic E-state index is 0.114. The predicted molar refractivity (Wildman–Crippen MR) is 92.0 cm³/mol. The van der Waals surface area contributed by atoms with Gasteiger partial charge in [-0.1, -0.05) is 0 Å². The fourth-order valence-corrected chi connectivity index (χ4v) is 2.56. The molecular formula is C16H14N6O4. The van der Waals surface area contributed by atoms with Crippen LogP contribution < -0.4 is 11.2 Å². The highest BCUT2D eigenvalue weighted by Crippen LogP contribution is 2.27. The fraction of sp³-hybridized carbons (Fsp3) is 0.188. The van der Waals surface area contributed by atoms with Crippen molar-refractivity contribution in [3.8, 4) is 11.9 Å². The van der Waals surface area contributed by atoms with Gasteiger partial charge in [0.2, 0.25) is 5.88 Å². The highest BCUT2D eigenvalue weighted by atomic mass is 16.3. The van der Waals surface area contributed by atoms with E-state index in [-0.39, 0.29) is 29.0 Å². The summed E-state index contributed by atoms with van der Waals surface area (Å²) >= 11 is 0. The number of H-pyrrole nitrogens is 2. The SMILES string of the molecule is Cc1c(C#N)c(O)n(CCO)c(=O)c1N=Nc1ccc2[nH]c(=O)[nH]c2c1. The number of pyridine rings is 1. The molecule has 26 heavy (non-hydrogen) atoms. The second-order valence-corrected chi connectivity index (χ2v) is 5.47. The first-order chi connectivity index (χ1) is 12.5. The molecule has 10 heteroatoms. The maximum Gasteiger partial charge on any atom is 0.323 e. The number of rotatable bonds is 4. The number of nitriles is 1. The Bertz CT molecular complexity index is 1180. The molecule has 0 aliphatic carbocycles. The zero-order chi connectivity index (χ0) is 18.8. The minimum Gasteiger partial charge on any atom is -0.493 e. The third-order valence-corrected chi connectivity index (χ3v) is 3.86. The molecule has 2 heterocycles. The van der Waals surface area contributed by atoms with E-state index < -0.39 is 18.0 Å². The number of azo groups is 1. The monoisotopic (exact) mass is 354 g/mol. The highest BCUT2D eigenvalue weighted by Gasteiger charge is 2.18. The van der Waals surface area contributed by atoms with E-state index in [0.29, 0.717) is 16.7 Å². The quantitative estimate of drug-likeness (QED) is 0.519. The van der Waals surface area contributed by atoms with Crippen molar-refractivity contribution in [3.05, 3.63) is 50.2 Å². The number of aliphatic hydroxyl groups is 1. The second-order valence-electron chi connectivity index (χ2n) is 5.47. The van der Waals surface area contributed by atoms with E-state index >= 15 is 0 Å². The van der Waals surface area contributed by atoms with Gasteiger partial charge in [0.1, 0.15) is 11.6 Å². The number of nitrogens with zero attached hydrogens (tertiary/aromatic N) is 4. The van der Waals surface area contributed by atoms with Gasteiger partial charge in [0.05, 0.1) is 29.9 Å². The number of hydrogen-bond acceptors (Lipinski definition) is 7. The summed E-state index contributed by atoms with van der Waals surface area (Å²) < 4.78 is 0.868. The van der Waals surface area contributed by atoms with E-state index in [2.05, 4.69) is 20.2 Å². The van der Waals surface area contributed by atoms with Crippen LogP contribution in [-0.4, -0.2) is 31.4 Å². The maximum atomic E-state index is 12.5. The van der Waals surface area contributed by atoms with Crippen molar-refractivity contribution in [1.29, 1.82) is 5.26 Å². The van der Waals surface area contributed by atoms with Gasteiger partial charge >= 0.3 is 5.69 Å². The number of imidazole rings is 1. The third kappa shape index (κ3) is 2.87. The van der Waals surface area contributed by atoms with Gasteiger partial charge in [0.15, 0.2) is 5.69 Å². The van der Waals surface area contributed by atoms with E-state index in [4.69, 9.17) is 5.11 Å². The minimum atomic E-state index is -0.673. The fourth-order valence-electron chi connectivity index (χ4n) is 2.56. The average molecular weight is 354 g/mol. The van der Waals surface area contributed by atoms with E-state index in [9.17, 15) is 20.0 Å². The summed E-state index contributed by atoms with van der Waals surface area (Å²) in [6, 6.07) is 6.63. The summed E-state index contributed by atoms with van der Waals surface area (Å²) in [5.41, 5.74) is 0.446. The second kappa shape index (κ2) is 6.66. The van der Waals surface area contributed by atoms with Crippen LogP contribution in [0, 0.1) is 18.3 Å². The molecule has 2 aromatic heterocycles. The lowest BCUT2D eigenvalue weighted by Crippen LogP contribution is -2.23. The van der Waals surface area contributed by atoms with Gasteiger partial charge in [-0.3, -0.25) is 9.36 Å². The Balaban J connectivity index is 2.11. The number of aromatic hydroxyl groups is 1. The Morgan fingerprint density at radius 2 is 1.96 bits per heavy atom. The number of aromatic nitrogens is 3. The topological polar surface area (TPSA) is 160 Å². The lowest BCUT2D eigenvalue weighted by molar-refractivity contribution is 0.263. The molecule has 0 amide bonds. The van der Waals surface area contributed by atoms with Crippen LogP contribution in [0.25, 0.3) is 11.0 Å². The molecule has 3 aromatic rings. The van der Waals surface area contributed by atoms with E-state index in [0.717, 1.165) is 4.57 Å². The molecular weight excluding hydrogens is 340 g/mol. The van der Waals surface area contributed by atoms with Gasteiger partial charge in [-0.2, -0.15) is 10.4 Å². The molecule has 4 N–H and O–H groups in total. The lowest BCUT2D eigenvalue weighted by Gasteiger charge is -2.11. The van der Waals surface area contributed by atoms with Crippen molar-refractivity contribution in [1.82, 2.24) is 14.5 Å². The number of benzene rings is 1. The summed E-state index contributed by atoms with van der Waals surface area (Å²) in [7, 11) is 0. The van der Waals surface area contributed by atoms with Crippen molar-refractivity contribution >= 4 is 22.4 Å². The zero-order valence-corrected chi connectivity index (χ0v) is 13.6. The van der Waals surface area contributed by atoms with E-state index in [1.807, 2.05) is 6.07 Å². The Morgan fingerprint density at radius 1 is 1.23 bits per heavy atom. The number of aliphatic hydroxyl groups excluding tert-OH is 1. The molecule has 0 saturated heterocycles. The highest BCUT2D eigenvalue weighted by molar-refractivity contribution is 5.77. The predicted octanol–water partition coefficient (Wildman–Crippen LogP) is 1.31. The molecule has 0 radical (unpaired) electrons. The summed E-state index contributed by atoms with van der Waals surface area (Å²) in [6.07, 6.45) is 0. The van der Waals surface area contributed by atoms with Crippen molar-refractivity contribution in [2.75, 3.05) is 6.61 Å². The van der Waals surface area contributed by atoms with Crippen LogP contribution in [0.1, 0.15) is 11.1 Å². The van der Waals surface area contributed by atoms with Crippen LogP contribution in [0.5, 0.6) is 5.88 Å². The van der Waals surface area contributed by atoms with Crippen molar-refractivity contribution < 1.29 is 10.2 Å². The van der Waals surface area contributed by atoms with Gasteiger partial charge in [-0.25, -0.2) is 4.79 Å². The molecule has 0 atom stereocenters. The zero-order valence-electron chi connectivity index (χ0n) is 13.6. The number of fused-ring (bicyclic) bond motifs is 1. The first-order valence-corrected chi connectivity index (χ1v) is 7.57. The molecule has 0 saturated carbocycles. The molecule has 0 aliphatic rings. The molecule has 0 spiro atoms. The average Bonchev–Trinajstić information content (AvgIpc) is 2.98. The van der Waals surface area contributed by atoms with Gasteiger partial charge < -0.3 is 20.2 Å². The lowest BCUT2D eigenvalue weighted by atomic mass is 10.1. The largest absolute Gasteiger partial charge is 0.493 e. The van der Waals surface area contributed by atoms with Crippen molar-refractivity contribution in [2.24, 2.45) is 10.2 Å². The standard InChI is InChI=1S/C16H14N6O4/c1-8-10(7-17)14(24)22(4-5-23)15(25)13(8)21-20-9-2-3-11-12(6-9)19-16(26)18-11/h2-3,6,23-24H,4-5H2,1H3,(H2,18,19,26). The van der Waals surface area contributed by atoms with E-state index in [1.165, 1.54) is 6.92 Å². The Labute approximate surface area is 145 Å². The number of hydrogen-bond donors (Lipinski definition) is 4. The first-order valence-electron chi connectivity index (χ1n) is 7.57. The Hall–Kier alpha value is -3.71. The van der Waals surface area contributed by atoms with Crippen LogP contribution in [0.15, 0.2) is 38.0 Å². The summed E-state index contributed by atoms with van der Waals surface area (Å²) in [5.74, 6) is -0.519. The maximum absolute atomic E-state index is 12.5. The van der Waals surface area contributed by atoms with Crippen LogP contribution in [0.4, 0.5) is 11.4 Å². The summed E-state index contributed by atoms with van der Waals surface area (Å²) in [4.78, 5) is 29.0. The summed E-state index contributed by atoms with van der Waals surface area (Å²) in [5, 5.41) is 36.2. The Kier molecular flexibility index (Phi) is 4.38. The molecule has 3 rings (SSSR count). The van der Waals surface area contributed by atoms with Gasteiger partial charge in [0.25, 0.3) is 5.56 Å². The van der Waals surface area contributed by atoms with Crippen LogP contribution >= 0.6 is 0 Å². The van der Waals surface area contributed by atoms with Gasteiger partial charge in [0, 0.05) is 5.56 Å². The van der Waals surface area contributed by atoms with Crippen LogP contribution in [0.2, 0.25) is 0 Å². The molecule has 0 bridgehead atoms.